The fourth-order valence-electron chi connectivity index (χ4n) is 1.19. The van der Waals surface area contributed by atoms with Gasteiger partial charge in [-0.2, -0.15) is 8.42 Å². The SMILES string of the molecule is CC1(C)OC[C@@H](CCS(=O)(=O)O)O1. The molecular formula is C7H14O5S. The lowest BCUT2D eigenvalue weighted by Crippen LogP contribution is -2.22. The van der Waals surface area contributed by atoms with Crippen LogP contribution in [0.1, 0.15) is 20.3 Å². The molecule has 0 aliphatic carbocycles. The van der Waals surface area contributed by atoms with Crippen molar-refractivity contribution in [3.05, 3.63) is 0 Å². The zero-order chi connectivity index (χ0) is 10.1. The van der Waals surface area contributed by atoms with Crippen LogP contribution in [0.15, 0.2) is 0 Å². The maximum Gasteiger partial charge on any atom is 0.264 e. The van der Waals surface area contributed by atoms with E-state index >= 15 is 0 Å². The molecule has 0 bridgehead atoms. The van der Waals surface area contributed by atoms with E-state index in [4.69, 9.17) is 14.0 Å². The third-order valence-corrected chi connectivity index (χ3v) is 2.52. The highest BCUT2D eigenvalue weighted by Crippen LogP contribution is 2.24. The van der Waals surface area contributed by atoms with E-state index < -0.39 is 15.9 Å². The maximum atomic E-state index is 10.4. The molecule has 0 radical (unpaired) electrons. The van der Waals surface area contributed by atoms with Crippen LogP contribution in [-0.4, -0.2) is 37.2 Å². The minimum absolute atomic E-state index is 0.239. The second kappa shape index (κ2) is 3.53. The van der Waals surface area contributed by atoms with Gasteiger partial charge < -0.3 is 9.47 Å². The molecule has 1 N–H and O–H groups in total. The zero-order valence-electron chi connectivity index (χ0n) is 7.69. The molecule has 1 saturated heterocycles. The second-order valence-corrected chi connectivity index (χ2v) is 5.10. The highest BCUT2D eigenvalue weighted by Gasteiger charge is 2.32. The minimum atomic E-state index is -3.88. The quantitative estimate of drug-likeness (QED) is 0.683. The van der Waals surface area contributed by atoms with Crippen molar-refractivity contribution < 1.29 is 22.4 Å². The third kappa shape index (κ3) is 4.04. The molecule has 0 unspecified atom stereocenters. The highest BCUT2D eigenvalue weighted by atomic mass is 32.2. The van der Waals surface area contributed by atoms with Crippen molar-refractivity contribution in [3.8, 4) is 0 Å². The normalized spacial score (nSPS) is 27.8. The van der Waals surface area contributed by atoms with Gasteiger partial charge in [-0.1, -0.05) is 0 Å². The van der Waals surface area contributed by atoms with Crippen molar-refractivity contribution in [1.82, 2.24) is 0 Å². The molecule has 13 heavy (non-hydrogen) atoms. The molecule has 1 rings (SSSR count). The first-order valence-electron chi connectivity index (χ1n) is 4.05. The van der Waals surface area contributed by atoms with E-state index in [1.807, 2.05) is 0 Å². The van der Waals surface area contributed by atoms with E-state index in [1.165, 1.54) is 0 Å². The molecule has 1 aliphatic heterocycles. The van der Waals surface area contributed by atoms with Crippen LogP contribution >= 0.6 is 0 Å². The monoisotopic (exact) mass is 210 g/mol. The lowest BCUT2D eigenvalue weighted by Gasteiger charge is -2.16. The largest absolute Gasteiger partial charge is 0.348 e. The highest BCUT2D eigenvalue weighted by molar-refractivity contribution is 7.85. The molecule has 0 aromatic carbocycles. The van der Waals surface area contributed by atoms with Crippen molar-refractivity contribution in [1.29, 1.82) is 0 Å². The van der Waals surface area contributed by atoms with Crippen LogP contribution in [0.2, 0.25) is 0 Å². The second-order valence-electron chi connectivity index (χ2n) is 3.53. The van der Waals surface area contributed by atoms with Crippen LogP contribution in [0.3, 0.4) is 0 Å². The van der Waals surface area contributed by atoms with Crippen molar-refractivity contribution >= 4 is 10.1 Å². The summed E-state index contributed by atoms with van der Waals surface area (Å²) in [5.74, 6) is -0.916. The molecular weight excluding hydrogens is 196 g/mol. The molecule has 1 fully saturated rings. The summed E-state index contributed by atoms with van der Waals surface area (Å²) >= 11 is 0. The molecule has 0 aromatic heterocycles. The lowest BCUT2D eigenvalue weighted by atomic mass is 10.3. The first-order chi connectivity index (χ1) is 5.79. The molecule has 5 nitrogen and oxygen atoms in total. The van der Waals surface area contributed by atoms with Crippen molar-refractivity contribution in [2.75, 3.05) is 12.4 Å². The predicted molar refractivity (Wildman–Crippen MR) is 45.9 cm³/mol. The van der Waals surface area contributed by atoms with E-state index in [2.05, 4.69) is 0 Å². The predicted octanol–water partition coefficient (Wildman–Crippen LogP) is 0.416. The summed E-state index contributed by atoms with van der Waals surface area (Å²) in [4.78, 5) is 0. The Morgan fingerprint density at radius 2 is 2.15 bits per heavy atom. The van der Waals surface area contributed by atoms with Gasteiger partial charge in [0.15, 0.2) is 5.79 Å². The van der Waals surface area contributed by atoms with E-state index in [-0.39, 0.29) is 18.3 Å². The standard InChI is InChI=1S/C7H14O5S/c1-7(2)11-5-6(12-7)3-4-13(8,9)10/h6H,3-5H2,1-2H3,(H,8,9,10)/t6-/m1/s1. The zero-order valence-corrected chi connectivity index (χ0v) is 8.50. The van der Waals surface area contributed by atoms with Crippen LogP contribution in [0.25, 0.3) is 0 Å². The fourth-order valence-corrected chi connectivity index (χ4v) is 1.75. The van der Waals surface area contributed by atoms with Crippen molar-refractivity contribution in [2.45, 2.75) is 32.2 Å². The molecule has 6 heteroatoms. The number of rotatable bonds is 3. The topological polar surface area (TPSA) is 72.8 Å². The molecule has 1 heterocycles. The van der Waals surface area contributed by atoms with Crippen LogP contribution in [0.4, 0.5) is 0 Å². The third-order valence-electron chi connectivity index (χ3n) is 1.77. The van der Waals surface area contributed by atoms with E-state index in [1.54, 1.807) is 13.8 Å². The lowest BCUT2D eigenvalue weighted by molar-refractivity contribution is -0.138. The Hall–Kier alpha value is -0.170. The maximum absolute atomic E-state index is 10.4. The summed E-state index contributed by atoms with van der Waals surface area (Å²) in [6.07, 6.45) is 0.0272. The van der Waals surface area contributed by atoms with Crippen molar-refractivity contribution in [2.24, 2.45) is 0 Å². The summed E-state index contributed by atoms with van der Waals surface area (Å²) in [5, 5.41) is 0. The average Bonchev–Trinajstić information content (AvgIpc) is 2.24. The van der Waals surface area contributed by atoms with Gasteiger partial charge in [0.25, 0.3) is 10.1 Å². The number of hydrogen-bond acceptors (Lipinski definition) is 4. The van der Waals surface area contributed by atoms with Gasteiger partial charge in [0.05, 0.1) is 18.5 Å². The summed E-state index contributed by atoms with van der Waals surface area (Å²) in [5.41, 5.74) is 0. The van der Waals surface area contributed by atoms with Gasteiger partial charge in [0, 0.05) is 0 Å². The van der Waals surface area contributed by atoms with Gasteiger partial charge in [0.2, 0.25) is 0 Å². The summed E-state index contributed by atoms with van der Waals surface area (Å²) in [6.45, 7) is 3.91. The Bertz CT molecular complexity index is 269. The van der Waals surface area contributed by atoms with Gasteiger partial charge >= 0.3 is 0 Å². The van der Waals surface area contributed by atoms with Gasteiger partial charge in [-0.25, -0.2) is 0 Å². The van der Waals surface area contributed by atoms with Crippen LogP contribution in [-0.2, 0) is 19.6 Å². The fraction of sp³-hybridized carbons (Fsp3) is 1.00. The first kappa shape index (κ1) is 10.9. The minimum Gasteiger partial charge on any atom is -0.348 e. The molecule has 1 atom stereocenters. The molecule has 1 aliphatic rings. The smallest absolute Gasteiger partial charge is 0.264 e. The molecule has 0 amide bonds. The Balaban J connectivity index is 2.34. The Kier molecular flexibility index (Phi) is 2.96. The van der Waals surface area contributed by atoms with Gasteiger partial charge in [-0.15, -0.1) is 0 Å². The average molecular weight is 210 g/mol. The Morgan fingerprint density at radius 1 is 1.54 bits per heavy atom. The molecule has 0 aromatic rings. The van der Waals surface area contributed by atoms with Gasteiger partial charge in [-0.05, 0) is 20.3 Å². The van der Waals surface area contributed by atoms with Crippen LogP contribution < -0.4 is 0 Å². The van der Waals surface area contributed by atoms with Crippen LogP contribution in [0, 0.1) is 0 Å². The van der Waals surface area contributed by atoms with Crippen LogP contribution in [0.5, 0.6) is 0 Å². The van der Waals surface area contributed by atoms with Gasteiger partial charge in [0.1, 0.15) is 0 Å². The Labute approximate surface area is 77.8 Å². The van der Waals surface area contributed by atoms with Crippen molar-refractivity contribution in [3.63, 3.8) is 0 Å². The van der Waals surface area contributed by atoms with Gasteiger partial charge in [-0.3, -0.25) is 4.55 Å². The van der Waals surface area contributed by atoms with E-state index in [9.17, 15) is 8.42 Å². The van der Waals surface area contributed by atoms with E-state index in [0.29, 0.717) is 6.61 Å². The first-order valence-corrected chi connectivity index (χ1v) is 5.66. The number of ether oxygens (including phenoxy) is 2. The number of hydrogen-bond donors (Lipinski definition) is 1. The molecule has 0 saturated carbocycles. The molecule has 0 spiro atoms. The summed E-state index contributed by atoms with van der Waals surface area (Å²) in [7, 11) is -3.88. The summed E-state index contributed by atoms with van der Waals surface area (Å²) < 4.78 is 39.9. The Morgan fingerprint density at radius 3 is 2.54 bits per heavy atom. The molecule has 78 valence electrons. The summed E-state index contributed by atoms with van der Waals surface area (Å²) in [6, 6.07) is 0. The van der Waals surface area contributed by atoms with E-state index in [0.717, 1.165) is 0 Å².